The fourth-order valence-corrected chi connectivity index (χ4v) is 3.44. The Kier molecular flexibility index (Phi) is 7.47. The van der Waals surface area contributed by atoms with E-state index in [9.17, 15) is 9.59 Å². The Bertz CT molecular complexity index is 799. The van der Waals surface area contributed by atoms with E-state index in [0.717, 1.165) is 24.1 Å². The van der Waals surface area contributed by atoms with Crippen LogP contribution in [0, 0.1) is 0 Å². The zero-order valence-corrected chi connectivity index (χ0v) is 17.4. The first-order valence-corrected chi connectivity index (χ1v) is 10.3. The summed E-state index contributed by atoms with van der Waals surface area (Å²) >= 11 is 0. The molecule has 0 radical (unpaired) electrons. The third kappa shape index (κ3) is 6.19. The zero-order chi connectivity index (χ0) is 20.6. The Balaban J connectivity index is 1.61. The lowest BCUT2D eigenvalue weighted by atomic mass is 10.1. The van der Waals surface area contributed by atoms with Crippen LogP contribution in [0.1, 0.15) is 30.5 Å². The van der Waals surface area contributed by atoms with Gasteiger partial charge in [-0.15, -0.1) is 0 Å². The van der Waals surface area contributed by atoms with E-state index in [1.54, 1.807) is 12.0 Å². The molecule has 0 aliphatic heterocycles. The molecule has 0 N–H and O–H groups in total. The van der Waals surface area contributed by atoms with Crippen LogP contribution >= 0.6 is 0 Å². The summed E-state index contributed by atoms with van der Waals surface area (Å²) in [6, 6.07) is 14.3. The predicted octanol–water partition coefficient (Wildman–Crippen LogP) is 2.62. The van der Waals surface area contributed by atoms with Gasteiger partial charge in [0.15, 0.2) is 0 Å². The zero-order valence-electron chi connectivity index (χ0n) is 17.4. The van der Waals surface area contributed by atoms with Crippen molar-refractivity contribution in [3.63, 3.8) is 0 Å². The highest BCUT2D eigenvalue weighted by Gasteiger charge is 2.34. The number of carbonyl (C=O) groups is 2. The van der Waals surface area contributed by atoms with Gasteiger partial charge in [0.1, 0.15) is 0 Å². The van der Waals surface area contributed by atoms with Crippen LogP contribution in [0.2, 0.25) is 0 Å². The van der Waals surface area contributed by atoms with Crippen LogP contribution in [0.25, 0.3) is 0 Å². The van der Waals surface area contributed by atoms with Gasteiger partial charge in [-0.2, -0.15) is 0 Å². The Morgan fingerprint density at radius 2 is 1.86 bits per heavy atom. The van der Waals surface area contributed by atoms with Gasteiger partial charge in [0.25, 0.3) is 0 Å². The number of ether oxygens (including phenoxy) is 1. The second-order valence-electron chi connectivity index (χ2n) is 7.66. The lowest BCUT2D eigenvalue weighted by Crippen LogP contribution is -2.45. The number of benzene rings is 1. The van der Waals surface area contributed by atoms with Crippen molar-refractivity contribution in [3.05, 3.63) is 59.9 Å². The minimum Gasteiger partial charge on any atom is -0.383 e. The quantitative estimate of drug-likeness (QED) is 0.586. The SMILES string of the molecule is COCCN(CC(=O)N(Cc1cccn1C)C1CC1)C(=O)CCc1ccccc1. The predicted molar refractivity (Wildman–Crippen MR) is 112 cm³/mol. The van der Waals surface area contributed by atoms with Gasteiger partial charge < -0.3 is 19.1 Å². The van der Waals surface area contributed by atoms with Crippen molar-refractivity contribution in [2.45, 2.75) is 38.3 Å². The molecule has 1 heterocycles. The van der Waals surface area contributed by atoms with Crippen LogP contribution < -0.4 is 0 Å². The Morgan fingerprint density at radius 3 is 2.48 bits per heavy atom. The van der Waals surface area contributed by atoms with Gasteiger partial charge in [0.05, 0.1) is 19.7 Å². The summed E-state index contributed by atoms with van der Waals surface area (Å²) in [6.07, 6.45) is 5.13. The smallest absolute Gasteiger partial charge is 0.242 e. The van der Waals surface area contributed by atoms with Crippen molar-refractivity contribution in [1.29, 1.82) is 0 Å². The lowest BCUT2D eigenvalue weighted by Gasteiger charge is -2.28. The highest BCUT2D eigenvalue weighted by Crippen LogP contribution is 2.28. The molecule has 29 heavy (non-hydrogen) atoms. The Hall–Kier alpha value is -2.60. The number of carbonyl (C=O) groups excluding carboxylic acids is 2. The van der Waals surface area contributed by atoms with E-state index in [2.05, 4.69) is 0 Å². The van der Waals surface area contributed by atoms with Crippen LogP contribution in [0.3, 0.4) is 0 Å². The summed E-state index contributed by atoms with van der Waals surface area (Å²) in [6.45, 7) is 1.55. The number of hydrogen-bond donors (Lipinski definition) is 0. The van der Waals surface area contributed by atoms with E-state index < -0.39 is 0 Å². The summed E-state index contributed by atoms with van der Waals surface area (Å²) < 4.78 is 7.20. The topological polar surface area (TPSA) is 54.8 Å². The van der Waals surface area contributed by atoms with E-state index in [0.29, 0.717) is 38.6 Å². The minimum atomic E-state index is -0.00568. The summed E-state index contributed by atoms with van der Waals surface area (Å²) in [5.41, 5.74) is 2.23. The number of methoxy groups -OCH3 is 1. The number of nitrogens with zero attached hydrogens (tertiary/aromatic N) is 3. The third-order valence-electron chi connectivity index (χ3n) is 5.41. The standard InChI is InChI=1S/C23H31N3O3/c1-24-14-6-9-21(24)17-26(20-11-12-20)23(28)18-25(15-16-29-2)22(27)13-10-19-7-4-3-5-8-19/h3-9,14,20H,10-13,15-18H2,1-2H3. The molecule has 1 aromatic heterocycles. The molecule has 3 rings (SSSR count). The second kappa shape index (κ2) is 10.3. The fourth-order valence-electron chi connectivity index (χ4n) is 3.44. The number of amides is 2. The molecule has 1 saturated carbocycles. The molecule has 1 aromatic carbocycles. The minimum absolute atomic E-state index is 0.00568. The molecule has 0 unspecified atom stereocenters. The van der Waals surface area contributed by atoms with Gasteiger partial charge in [-0.25, -0.2) is 0 Å². The maximum atomic E-state index is 13.1. The molecule has 0 saturated heterocycles. The summed E-state index contributed by atoms with van der Waals surface area (Å²) in [4.78, 5) is 29.5. The fraction of sp³-hybridized carbons (Fsp3) is 0.478. The first-order chi connectivity index (χ1) is 14.1. The van der Waals surface area contributed by atoms with Crippen molar-refractivity contribution in [2.24, 2.45) is 7.05 Å². The van der Waals surface area contributed by atoms with Crippen molar-refractivity contribution < 1.29 is 14.3 Å². The Labute approximate surface area is 173 Å². The van der Waals surface area contributed by atoms with Crippen molar-refractivity contribution in [1.82, 2.24) is 14.4 Å². The van der Waals surface area contributed by atoms with Crippen LogP contribution in [-0.2, 0) is 34.3 Å². The van der Waals surface area contributed by atoms with E-state index in [-0.39, 0.29) is 18.4 Å². The second-order valence-corrected chi connectivity index (χ2v) is 7.66. The molecule has 6 nitrogen and oxygen atoms in total. The lowest BCUT2D eigenvalue weighted by molar-refractivity contribution is -0.141. The number of hydrogen-bond acceptors (Lipinski definition) is 3. The molecule has 0 spiro atoms. The van der Waals surface area contributed by atoms with E-state index in [1.165, 1.54) is 0 Å². The molecule has 1 aliphatic rings. The van der Waals surface area contributed by atoms with Gasteiger partial charge in [0.2, 0.25) is 11.8 Å². The highest BCUT2D eigenvalue weighted by atomic mass is 16.5. The number of aryl methyl sites for hydroxylation is 2. The molecular weight excluding hydrogens is 366 g/mol. The van der Waals surface area contributed by atoms with Crippen molar-refractivity contribution >= 4 is 11.8 Å². The molecule has 0 bridgehead atoms. The van der Waals surface area contributed by atoms with Crippen LogP contribution in [0.4, 0.5) is 0 Å². The van der Waals surface area contributed by atoms with E-state index in [1.807, 2.05) is 65.2 Å². The summed E-state index contributed by atoms with van der Waals surface area (Å²) in [5, 5.41) is 0. The average Bonchev–Trinajstić information content (AvgIpc) is 3.49. The maximum Gasteiger partial charge on any atom is 0.242 e. The van der Waals surface area contributed by atoms with Gasteiger partial charge in [-0.1, -0.05) is 30.3 Å². The largest absolute Gasteiger partial charge is 0.383 e. The van der Waals surface area contributed by atoms with Gasteiger partial charge in [-0.05, 0) is 37.0 Å². The highest BCUT2D eigenvalue weighted by molar-refractivity contribution is 5.85. The normalized spacial score (nSPS) is 13.3. The molecule has 1 fully saturated rings. The van der Waals surface area contributed by atoms with Crippen LogP contribution in [0.5, 0.6) is 0 Å². The Morgan fingerprint density at radius 1 is 1.10 bits per heavy atom. The molecule has 0 atom stereocenters. The average molecular weight is 398 g/mol. The maximum absolute atomic E-state index is 13.1. The first-order valence-electron chi connectivity index (χ1n) is 10.3. The molecular formula is C23H31N3O3. The van der Waals surface area contributed by atoms with Crippen molar-refractivity contribution in [2.75, 3.05) is 26.8 Å². The molecule has 2 aromatic rings. The molecule has 1 aliphatic carbocycles. The van der Waals surface area contributed by atoms with E-state index in [4.69, 9.17) is 4.74 Å². The third-order valence-corrected chi connectivity index (χ3v) is 5.41. The number of rotatable bonds is 11. The van der Waals surface area contributed by atoms with Gasteiger partial charge >= 0.3 is 0 Å². The van der Waals surface area contributed by atoms with Gasteiger partial charge in [-0.3, -0.25) is 9.59 Å². The molecule has 2 amide bonds. The van der Waals surface area contributed by atoms with Gasteiger partial charge in [0, 0.05) is 45.1 Å². The van der Waals surface area contributed by atoms with E-state index >= 15 is 0 Å². The summed E-state index contributed by atoms with van der Waals surface area (Å²) in [7, 11) is 3.60. The van der Waals surface area contributed by atoms with Crippen LogP contribution in [-0.4, -0.2) is 59.0 Å². The number of aromatic nitrogens is 1. The summed E-state index contributed by atoms with van der Waals surface area (Å²) in [5.74, 6) is 0.00623. The van der Waals surface area contributed by atoms with Crippen molar-refractivity contribution in [3.8, 4) is 0 Å². The first kappa shape index (κ1) is 21.1. The van der Waals surface area contributed by atoms with Crippen LogP contribution in [0.15, 0.2) is 48.7 Å². The molecule has 156 valence electrons. The monoisotopic (exact) mass is 397 g/mol. The molecule has 6 heteroatoms.